The lowest BCUT2D eigenvalue weighted by Crippen LogP contribution is -2.41. The summed E-state index contributed by atoms with van der Waals surface area (Å²) in [6.45, 7) is -1.28. The molecule has 8 nitrogen and oxygen atoms in total. The molecule has 0 aliphatic carbocycles. The normalized spacial score (nSPS) is 14.8. The SMILES string of the molecule is NC(=O)c1cccnc1.OCC(O)C(O)C(O)CO. The lowest BCUT2D eigenvalue weighted by Gasteiger charge is -2.19. The molecule has 2 atom stereocenters. The van der Waals surface area contributed by atoms with Gasteiger partial charge in [0.05, 0.1) is 18.8 Å². The van der Waals surface area contributed by atoms with Crippen molar-refractivity contribution in [1.82, 2.24) is 4.98 Å². The van der Waals surface area contributed by atoms with Gasteiger partial charge >= 0.3 is 0 Å². The van der Waals surface area contributed by atoms with E-state index in [9.17, 15) is 4.79 Å². The van der Waals surface area contributed by atoms with E-state index >= 15 is 0 Å². The highest BCUT2D eigenvalue weighted by Crippen LogP contribution is 1.98. The van der Waals surface area contributed by atoms with E-state index < -0.39 is 37.4 Å². The van der Waals surface area contributed by atoms with Crippen LogP contribution in [-0.2, 0) is 0 Å². The predicted molar refractivity (Wildman–Crippen MR) is 64.9 cm³/mol. The van der Waals surface area contributed by atoms with Gasteiger partial charge in [0.25, 0.3) is 0 Å². The Labute approximate surface area is 109 Å². The van der Waals surface area contributed by atoms with E-state index in [1.54, 1.807) is 18.3 Å². The number of aliphatic hydroxyl groups is 5. The average Bonchev–Trinajstić information content (AvgIpc) is 2.46. The van der Waals surface area contributed by atoms with Gasteiger partial charge in [-0.1, -0.05) is 0 Å². The Hall–Kier alpha value is -1.58. The van der Waals surface area contributed by atoms with Crippen LogP contribution < -0.4 is 5.73 Å². The number of aliphatic hydroxyl groups excluding tert-OH is 5. The van der Waals surface area contributed by atoms with Crippen LogP contribution in [0.25, 0.3) is 0 Å². The molecule has 2 unspecified atom stereocenters. The van der Waals surface area contributed by atoms with Crippen molar-refractivity contribution in [2.45, 2.75) is 18.3 Å². The number of nitrogens with two attached hydrogens (primary N) is 1. The van der Waals surface area contributed by atoms with E-state index in [0.29, 0.717) is 5.56 Å². The Kier molecular flexibility index (Phi) is 8.58. The van der Waals surface area contributed by atoms with Gasteiger partial charge in [-0.2, -0.15) is 0 Å². The second-order valence-electron chi connectivity index (χ2n) is 3.60. The summed E-state index contributed by atoms with van der Waals surface area (Å²) in [4.78, 5) is 14.1. The van der Waals surface area contributed by atoms with E-state index in [0.717, 1.165) is 0 Å². The molecule has 8 heteroatoms. The third kappa shape index (κ3) is 6.79. The highest BCUT2D eigenvalue weighted by Gasteiger charge is 2.22. The number of nitrogens with zero attached hydrogens (tertiary/aromatic N) is 1. The molecule has 1 heterocycles. The number of hydrogen-bond donors (Lipinski definition) is 6. The molecule has 1 aromatic rings. The molecule has 0 bridgehead atoms. The average molecular weight is 274 g/mol. The molecule has 7 N–H and O–H groups in total. The second kappa shape index (κ2) is 9.36. The van der Waals surface area contributed by atoms with Gasteiger partial charge in [0.15, 0.2) is 0 Å². The molecule has 0 aromatic carbocycles. The van der Waals surface area contributed by atoms with Crippen molar-refractivity contribution in [3.8, 4) is 0 Å². The molecular formula is C11H18N2O6. The Morgan fingerprint density at radius 2 is 1.74 bits per heavy atom. The number of aromatic nitrogens is 1. The summed E-state index contributed by atoms with van der Waals surface area (Å²) in [6, 6.07) is 3.29. The maximum Gasteiger partial charge on any atom is 0.250 e. The number of carbonyl (C=O) groups excluding carboxylic acids is 1. The number of pyridine rings is 1. The van der Waals surface area contributed by atoms with Crippen molar-refractivity contribution in [2.75, 3.05) is 13.2 Å². The fourth-order valence-electron chi connectivity index (χ4n) is 0.981. The van der Waals surface area contributed by atoms with Crippen LogP contribution in [-0.4, -0.2) is 67.9 Å². The first-order chi connectivity index (χ1) is 8.93. The molecule has 0 radical (unpaired) electrons. The quantitative estimate of drug-likeness (QED) is 0.339. The van der Waals surface area contributed by atoms with Gasteiger partial charge in [-0.15, -0.1) is 0 Å². The zero-order valence-electron chi connectivity index (χ0n) is 10.1. The number of primary amides is 1. The molecular weight excluding hydrogens is 256 g/mol. The number of amides is 1. The Bertz CT molecular complexity index is 351. The highest BCUT2D eigenvalue weighted by atomic mass is 16.4. The van der Waals surface area contributed by atoms with Gasteiger partial charge in [-0.3, -0.25) is 9.78 Å². The van der Waals surface area contributed by atoms with Crippen LogP contribution >= 0.6 is 0 Å². The predicted octanol–water partition coefficient (Wildman–Crippen LogP) is -2.77. The minimum atomic E-state index is -1.49. The molecule has 19 heavy (non-hydrogen) atoms. The Balaban J connectivity index is 0.000000342. The zero-order valence-corrected chi connectivity index (χ0v) is 10.1. The highest BCUT2D eigenvalue weighted by molar-refractivity contribution is 5.92. The van der Waals surface area contributed by atoms with E-state index in [1.165, 1.54) is 6.20 Å². The molecule has 0 aliphatic heterocycles. The maximum absolute atomic E-state index is 10.4. The second-order valence-corrected chi connectivity index (χ2v) is 3.60. The smallest absolute Gasteiger partial charge is 0.250 e. The number of rotatable bonds is 5. The molecule has 0 saturated heterocycles. The first kappa shape index (κ1) is 17.4. The standard InChI is InChI=1S/C6H6N2O.C5H12O5/c7-6(9)5-2-1-3-8-4-5;6-1-3(8)5(10)4(9)2-7/h1-4H,(H2,7,9);3-10H,1-2H2. The van der Waals surface area contributed by atoms with Crippen LogP contribution in [0, 0.1) is 0 Å². The van der Waals surface area contributed by atoms with Gasteiger partial charge in [-0.25, -0.2) is 0 Å². The zero-order chi connectivity index (χ0) is 14.8. The molecule has 0 spiro atoms. The third-order valence-corrected chi connectivity index (χ3v) is 2.11. The summed E-state index contributed by atoms with van der Waals surface area (Å²) in [5, 5.41) is 42.6. The van der Waals surface area contributed by atoms with Crippen molar-refractivity contribution < 1.29 is 30.3 Å². The van der Waals surface area contributed by atoms with Crippen molar-refractivity contribution >= 4 is 5.91 Å². The minimum absolute atomic E-state index is 0.442. The first-order valence-electron chi connectivity index (χ1n) is 5.39. The minimum Gasteiger partial charge on any atom is -0.394 e. The lowest BCUT2D eigenvalue weighted by atomic mass is 10.1. The largest absolute Gasteiger partial charge is 0.394 e. The Morgan fingerprint density at radius 1 is 1.21 bits per heavy atom. The molecule has 0 aliphatic rings. The van der Waals surface area contributed by atoms with Crippen LogP contribution in [0.4, 0.5) is 0 Å². The number of hydrogen-bond acceptors (Lipinski definition) is 7. The summed E-state index contributed by atoms with van der Waals surface area (Å²) in [5.41, 5.74) is 5.38. The van der Waals surface area contributed by atoms with Crippen molar-refractivity contribution in [1.29, 1.82) is 0 Å². The summed E-state index contributed by atoms with van der Waals surface area (Å²) in [6.07, 6.45) is -1.27. The van der Waals surface area contributed by atoms with Crippen LogP contribution in [0.5, 0.6) is 0 Å². The van der Waals surface area contributed by atoms with E-state index in [4.69, 9.17) is 31.3 Å². The van der Waals surface area contributed by atoms with Gasteiger partial charge in [0.1, 0.15) is 18.3 Å². The molecule has 1 amide bonds. The molecule has 0 fully saturated rings. The van der Waals surface area contributed by atoms with Gasteiger partial charge < -0.3 is 31.3 Å². The van der Waals surface area contributed by atoms with Gasteiger partial charge in [-0.05, 0) is 12.1 Å². The number of carbonyl (C=O) groups is 1. The maximum atomic E-state index is 10.4. The van der Waals surface area contributed by atoms with E-state index in [1.807, 2.05) is 0 Å². The molecule has 1 rings (SSSR count). The fourth-order valence-corrected chi connectivity index (χ4v) is 0.981. The molecule has 0 saturated carbocycles. The van der Waals surface area contributed by atoms with Crippen LogP contribution in [0.1, 0.15) is 10.4 Å². The van der Waals surface area contributed by atoms with Crippen molar-refractivity contribution in [3.05, 3.63) is 30.1 Å². The third-order valence-electron chi connectivity index (χ3n) is 2.11. The van der Waals surface area contributed by atoms with E-state index in [2.05, 4.69) is 4.98 Å². The fraction of sp³-hybridized carbons (Fsp3) is 0.455. The summed E-state index contributed by atoms with van der Waals surface area (Å²) in [7, 11) is 0. The molecule has 1 aromatic heterocycles. The molecule has 108 valence electrons. The monoisotopic (exact) mass is 274 g/mol. The van der Waals surface area contributed by atoms with Gasteiger partial charge in [0.2, 0.25) is 5.91 Å². The topological polar surface area (TPSA) is 157 Å². The summed E-state index contributed by atoms with van der Waals surface area (Å²) < 4.78 is 0. The van der Waals surface area contributed by atoms with Crippen molar-refractivity contribution in [2.24, 2.45) is 5.73 Å². The summed E-state index contributed by atoms with van der Waals surface area (Å²) in [5.74, 6) is -0.442. The van der Waals surface area contributed by atoms with Crippen molar-refractivity contribution in [3.63, 3.8) is 0 Å². The van der Waals surface area contributed by atoms with Crippen LogP contribution in [0.2, 0.25) is 0 Å². The van der Waals surface area contributed by atoms with Crippen LogP contribution in [0.15, 0.2) is 24.5 Å². The van der Waals surface area contributed by atoms with E-state index in [-0.39, 0.29) is 0 Å². The Morgan fingerprint density at radius 3 is 2.00 bits per heavy atom. The van der Waals surface area contributed by atoms with Crippen LogP contribution in [0.3, 0.4) is 0 Å². The van der Waals surface area contributed by atoms with Gasteiger partial charge in [0, 0.05) is 12.4 Å². The first-order valence-corrected chi connectivity index (χ1v) is 5.39. The summed E-state index contributed by atoms with van der Waals surface area (Å²) >= 11 is 0. The lowest BCUT2D eigenvalue weighted by molar-refractivity contribution is -0.0900.